The van der Waals surface area contributed by atoms with Gasteiger partial charge in [0, 0.05) is 39.9 Å². The van der Waals surface area contributed by atoms with Gasteiger partial charge in [0.05, 0.1) is 10.5 Å². The van der Waals surface area contributed by atoms with Crippen LogP contribution in [0.25, 0.3) is 11.0 Å². The van der Waals surface area contributed by atoms with Crippen LogP contribution in [0.3, 0.4) is 0 Å². The lowest BCUT2D eigenvalue weighted by atomic mass is 9.93. The molecule has 0 aliphatic carbocycles. The summed E-state index contributed by atoms with van der Waals surface area (Å²) >= 11 is 12.5. The molecule has 38 heavy (non-hydrogen) atoms. The molecule has 1 amide bonds. The number of furan rings is 1. The highest BCUT2D eigenvalue weighted by molar-refractivity contribution is 7.90. The minimum atomic E-state index is -4.57. The highest BCUT2D eigenvalue weighted by Gasteiger charge is 2.30. The Morgan fingerprint density at radius 1 is 1.05 bits per heavy atom. The molecule has 0 aliphatic heterocycles. The van der Waals surface area contributed by atoms with E-state index in [1.54, 1.807) is 30.3 Å². The Hall–Kier alpha value is -3.40. The number of nitro groups is 1. The van der Waals surface area contributed by atoms with Gasteiger partial charge in [0.2, 0.25) is 0 Å². The van der Waals surface area contributed by atoms with Gasteiger partial charge in [-0.3, -0.25) is 14.9 Å². The molecule has 1 aromatic heterocycles. The Morgan fingerprint density at radius 3 is 2.42 bits per heavy atom. The van der Waals surface area contributed by atoms with E-state index in [1.807, 2.05) is 18.6 Å². The number of hydrogen-bond acceptors (Lipinski definition) is 6. The molecule has 0 saturated heterocycles. The predicted octanol–water partition coefficient (Wildman–Crippen LogP) is 6.87. The molecule has 0 radical (unpaired) electrons. The highest BCUT2D eigenvalue weighted by Crippen LogP contribution is 2.36. The summed E-state index contributed by atoms with van der Waals surface area (Å²) in [5.74, 6) is -0.240. The van der Waals surface area contributed by atoms with Gasteiger partial charge in [0.1, 0.15) is 11.3 Å². The van der Waals surface area contributed by atoms with Crippen molar-refractivity contribution >= 4 is 55.8 Å². The Kier molecular flexibility index (Phi) is 8.10. The number of benzene rings is 3. The average molecular weight is 575 g/mol. The summed E-state index contributed by atoms with van der Waals surface area (Å²) < 4.78 is 34.5. The molecule has 0 spiro atoms. The summed E-state index contributed by atoms with van der Waals surface area (Å²) in [5.41, 5.74) is 2.01. The molecule has 0 saturated carbocycles. The van der Waals surface area contributed by atoms with Crippen LogP contribution in [0, 0.1) is 10.1 Å². The lowest BCUT2D eigenvalue weighted by Gasteiger charge is -2.13. The number of halogens is 2. The fraction of sp³-hybridized carbons (Fsp3) is 0.222. The van der Waals surface area contributed by atoms with E-state index in [0.29, 0.717) is 51.6 Å². The van der Waals surface area contributed by atoms with E-state index in [4.69, 9.17) is 27.6 Å². The van der Waals surface area contributed by atoms with Crippen molar-refractivity contribution in [3.63, 3.8) is 0 Å². The van der Waals surface area contributed by atoms with E-state index in [-0.39, 0.29) is 5.56 Å². The summed E-state index contributed by atoms with van der Waals surface area (Å²) in [6.45, 7) is 3.84. The fourth-order valence-electron chi connectivity index (χ4n) is 4.43. The normalized spacial score (nSPS) is 11.6. The van der Waals surface area contributed by atoms with Crippen LogP contribution in [-0.4, -0.2) is 19.2 Å². The monoisotopic (exact) mass is 574 g/mol. The number of hydrogen-bond donors (Lipinski definition) is 1. The van der Waals surface area contributed by atoms with Gasteiger partial charge in [-0.05, 0) is 48.2 Å². The van der Waals surface area contributed by atoms with Gasteiger partial charge in [-0.2, -0.15) is 0 Å². The minimum absolute atomic E-state index is 0.137. The van der Waals surface area contributed by atoms with E-state index in [2.05, 4.69) is 0 Å². The number of amides is 1. The summed E-state index contributed by atoms with van der Waals surface area (Å²) in [6.07, 6.45) is 2.12. The first-order valence-corrected chi connectivity index (χ1v) is 14.1. The molecule has 3 aromatic carbocycles. The Bertz CT molecular complexity index is 1660. The van der Waals surface area contributed by atoms with Crippen molar-refractivity contribution in [3.05, 3.63) is 103 Å². The van der Waals surface area contributed by atoms with Crippen molar-refractivity contribution in [2.75, 3.05) is 0 Å². The van der Waals surface area contributed by atoms with Crippen molar-refractivity contribution in [1.29, 1.82) is 0 Å². The second-order valence-electron chi connectivity index (χ2n) is 8.65. The van der Waals surface area contributed by atoms with E-state index in [0.717, 1.165) is 29.7 Å². The number of nitro benzene ring substituents is 1. The van der Waals surface area contributed by atoms with Gasteiger partial charge in [-0.25, -0.2) is 13.1 Å². The molecule has 0 atom stereocenters. The zero-order valence-corrected chi connectivity index (χ0v) is 22.9. The summed E-state index contributed by atoms with van der Waals surface area (Å²) in [5, 5.41) is 12.8. The molecule has 11 heteroatoms. The molecule has 0 bridgehead atoms. The minimum Gasteiger partial charge on any atom is -0.461 e. The molecular formula is C27H24Cl2N2O6S. The Balaban J connectivity index is 1.88. The molecular weight excluding hydrogens is 551 g/mol. The molecule has 8 nitrogen and oxygen atoms in total. The smallest absolute Gasteiger partial charge is 0.289 e. The van der Waals surface area contributed by atoms with E-state index in [9.17, 15) is 23.3 Å². The van der Waals surface area contributed by atoms with Crippen molar-refractivity contribution in [3.8, 4) is 0 Å². The van der Waals surface area contributed by atoms with Gasteiger partial charge in [-0.1, -0.05) is 61.3 Å². The second kappa shape index (κ2) is 11.1. The third kappa shape index (κ3) is 5.41. The maximum atomic E-state index is 13.6. The number of nitrogens with one attached hydrogen (secondary N) is 1. The van der Waals surface area contributed by atoms with Crippen molar-refractivity contribution in [2.45, 2.75) is 44.4 Å². The van der Waals surface area contributed by atoms with Crippen LogP contribution in [0.4, 0.5) is 5.69 Å². The molecule has 0 fully saturated rings. The van der Waals surface area contributed by atoms with Gasteiger partial charge >= 0.3 is 0 Å². The topological polar surface area (TPSA) is 120 Å². The number of aryl methyl sites for hydroxylation is 2. The molecule has 0 unspecified atom stereocenters. The number of carbonyl (C=O) groups excluding carboxylic acids is 1. The summed E-state index contributed by atoms with van der Waals surface area (Å²) in [4.78, 5) is 23.7. The van der Waals surface area contributed by atoms with E-state index >= 15 is 0 Å². The zero-order chi connectivity index (χ0) is 27.6. The van der Waals surface area contributed by atoms with Crippen molar-refractivity contribution in [1.82, 2.24) is 4.72 Å². The first kappa shape index (κ1) is 27.6. The maximum absolute atomic E-state index is 13.6. The van der Waals surface area contributed by atoms with Crippen LogP contribution in [0.1, 0.15) is 53.1 Å². The predicted molar refractivity (Wildman–Crippen MR) is 147 cm³/mol. The fourth-order valence-corrected chi connectivity index (χ4v) is 6.04. The number of para-hydroxylation sites is 1. The molecule has 198 valence electrons. The number of sulfonamides is 1. The number of rotatable bonds is 9. The van der Waals surface area contributed by atoms with Crippen LogP contribution < -0.4 is 4.72 Å². The molecule has 0 aliphatic rings. The highest BCUT2D eigenvalue weighted by atomic mass is 35.5. The zero-order valence-electron chi connectivity index (χ0n) is 20.6. The van der Waals surface area contributed by atoms with Crippen molar-refractivity contribution in [2.24, 2.45) is 0 Å². The van der Waals surface area contributed by atoms with E-state index in [1.165, 1.54) is 12.1 Å². The molecule has 4 rings (SSSR count). The Morgan fingerprint density at radius 2 is 1.76 bits per heavy atom. The van der Waals surface area contributed by atoms with Crippen LogP contribution in [-0.2, 0) is 29.3 Å². The van der Waals surface area contributed by atoms with Gasteiger partial charge in [-0.15, -0.1) is 0 Å². The summed E-state index contributed by atoms with van der Waals surface area (Å²) in [6, 6.07) is 13.5. The van der Waals surface area contributed by atoms with Crippen LogP contribution in [0.15, 0.2) is 63.9 Å². The quantitative estimate of drug-likeness (QED) is 0.172. The third-order valence-electron chi connectivity index (χ3n) is 6.17. The number of nitrogens with zero attached hydrogens (tertiary/aromatic N) is 1. The lowest BCUT2D eigenvalue weighted by molar-refractivity contribution is -0.387. The molecule has 4 aromatic rings. The van der Waals surface area contributed by atoms with Crippen LogP contribution >= 0.6 is 23.2 Å². The largest absolute Gasteiger partial charge is 0.461 e. The maximum Gasteiger partial charge on any atom is 0.289 e. The molecule has 1 N–H and O–H groups in total. The van der Waals surface area contributed by atoms with Crippen molar-refractivity contribution < 1.29 is 22.6 Å². The SMILES string of the molecule is CCCc1oc2ccc(CC)c(C(=O)NS(=O)(=O)c3ccccc3[N+](=O)[O-])c2c1Cc1ccc(Cl)cc1Cl. The van der Waals surface area contributed by atoms with Crippen LogP contribution in [0.2, 0.25) is 10.0 Å². The number of fused-ring (bicyclic) bond motifs is 1. The first-order chi connectivity index (χ1) is 18.1. The third-order valence-corrected chi connectivity index (χ3v) is 8.14. The average Bonchev–Trinajstić information content (AvgIpc) is 3.21. The van der Waals surface area contributed by atoms with Gasteiger partial charge in [0.15, 0.2) is 4.90 Å². The van der Waals surface area contributed by atoms with Gasteiger partial charge in [0.25, 0.3) is 21.6 Å². The Labute approximate surface area is 229 Å². The number of carbonyl (C=O) groups is 1. The first-order valence-electron chi connectivity index (χ1n) is 11.9. The van der Waals surface area contributed by atoms with Crippen LogP contribution in [0.5, 0.6) is 0 Å². The second-order valence-corrected chi connectivity index (χ2v) is 11.1. The summed E-state index contributed by atoms with van der Waals surface area (Å²) in [7, 11) is -4.57. The standard InChI is InChI=1S/C27H24Cl2N2O6S/c1-3-7-22-19(14-17-10-12-18(28)15-20(17)29)26-23(37-22)13-11-16(4-2)25(26)27(32)30-38(35,36)24-9-6-5-8-21(24)31(33)34/h5-6,8-13,15H,3-4,7,14H2,1-2H3,(H,30,32). The lowest BCUT2D eigenvalue weighted by Crippen LogP contribution is -2.32. The van der Waals surface area contributed by atoms with E-state index < -0.39 is 31.4 Å². The molecule has 1 heterocycles. The van der Waals surface area contributed by atoms with Gasteiger partial charge < -0.3 is 4.42 Å².